The fourth-order valence-corrected chi connectivity index (χ4v) is 2.41. The minimum absolute atomic E-state index is 0.0911. The average Bonchev–Trinajstić information content (AvgIpc) is 2.88. The number of ether oxygens (including phenoxy) is 2. The zero-order valence-corrected chi connectivity index (χ0v) is 11.6. The number of rotatable bonds is 5. The van der Waals surface area contributed by atoms with Gasteiger partial charge in [-0.2, -0.15) is 0 Å². The van der Waals surface area contributed by atoms with Gasteiger partial charge in [0.25, 0.3) is 0 Å². The monoisotopic (exact) mass is 263 g/mol. The minimum atomic E-state index is -0.132. The van der Waals surface area contributed by atoms with Crippen molar-refractivity contribution in [3.63, 3.8) is 0 Å². The van der Waals surface area contributed by atoms with Crippen LogP contribution in [0.3, 0.4) is 0 Å². The van der Waals surface area contributed by atoms with E-state index in [-0.39, 0.29) is 12.0 Å². The molecular formula is C15H21NO3. The summed E-state index contributed by atoms with van der Waals surface area (Å²) in [6.07, 6.45) is 1.93. The average molecular weight is 263 g/mol. The van der Waals surface area contributed by atoms with Gasteiger partial charge in [0.05, 0.1) is 7.11 Å². The highest BCUT2D eigenvalue weighted by molar-refractivity contribution is 5.75. The Morgan fingerprint density at radius 2 is 2.11 bits per heavy atom. The zero-order chi connectivity index (χ0) is 13.7. The van der Waals surface area contributed by atoms with Crippen molar-refractivity contribution in [2.75, 3.05) is 26.8 Å². The first-order valence-corrected chi connectivity index (χ1v) is 6.72. The highest BCUT2D eigenvalue weighted by atomic mass is 16.5. The fraction of sp³-hybridized carbons (Fsp3) is 0.533. The van der Waals surface area contributed by atoms with E-state index >= 15 is 0 Å². The molecule has 104 valence electrons. The Hall–Kier alpha value is -1.55. The number of aryl methyl sites for hydroxylation is 1. The highest BCUT2D eigenvalue weighted by Gasteiger charge is 2.30. The van der Waals surface area contributed by atoms with Crippen molar-refractivity contribution in [1.82, 2.24) is 4.90 Å². The van der Waals surface area contributed by atoms with Gasteiger partial charge in [0.15, 0.2) is 0 Å². The molecule has 0 radical (unpaired) electrons. The van der Waals surface area contributed by atoms with E-state index in [1.54, 1.807) is 0 Å². The lowest BCUT2D eigenvalue weighted by molar-refractivity contribution is -0.145. The first-order chi connectivity index (χ1) is 9.20. The van der Waals surface area contributed by atoms with Gasteiger partial charge >= 0.3 is 5.97 Å². The van der Waals surface area contributed by atoms with Gasteiger partial charge in [-0.1, -0.05) is 17.7 Å². The second-order valence-corrected chi connectivity index (χ2v) is 4.88. The third kappa shape index (κ3) is 3.70. The van der Waals surface area contributed by atoms with Gasteiger partial charge < -0.3 is 9.47 Å². The molecule has 1 unspecified atom stereocenters. The molecule has 0 aromatic heterocycles. The van der Waals surface area contributed by atoms with Crippen LogP contribution in [0.4, 0.5) is 0 Å². The number of benzene rings is 1. The summed E-state index contributed by atoms with van der Waals surface area (Å²) in [6, 6.07) is 7.91. The summed E-state index contributed by atoms with van der Waals surface area (Å²) in [6.45, 7) is 4.34. The molecule has 0 saturated carbocycles. The van der Waals surface area contributed by atoms with Gasteiger partial charge in [0.1, 0.15) is 18.4 Å². The lowest BCUT2D eigenvalue weighted by Gasteiger charge is -2.22. The minimum Gasteiger partial charge on any atom is -0.492 e. The smallest absolute Gasteiger partial charge is 0.323 e. The molecule has 4 nitrogen and oxygen atoms in total. The van der Waals surface area contributed by atoms with Crippen molar-refractivity contribution in [3.05, 3.63) is 29.8 Å². The van der Waals surface area contributed by atoms with Gasteiger partial charge in [0, 0.05) is 6.54 Å². The molecule has 2 rings (SSSR count). The molecule has 1 aromatic carbocycles. The van der Waals surface area contributed by atoms with E-state index in [9.17, 15) is 4.79 Å². The van der Waals surface area contributed by atoms with Crippen LogP contribution < -0.4 is 4.74 Å². The van der Waals surface area contributed by atoms with Crippen molar-refractivity contribution in [2.24, 2.45) is 0 Å². The summed E-state index contributed by atoms with van der Waals surface area (Å²) in [5.41, 5.74) is 1.22. The van der Waals surface area contributed by atoms with E-state index in [0.717, 1.165) is 31.7 Å². The molecular weight excluding hydrogens is 242 g/mol. The second kappa shape index (κ2) is 6.57. The highest BCUT2D eigenvalue weighted by Crippen LogP contribution is 2.18. The van der Waals surface area contributed by atoms with Crippen LogP contribution in [-0.2, 0) is 9.53 Å². The Labute approximate surface area is 114 Å². The van der Waals surface area contributed by atoms with Crippen molar-refractivity contribution in [1.29, 1.82) is 0 Å². The molecule has 19 heavy (non-hydrogen) atoms. The largest absolute Gasteiger partial charge is 0.492 e. The Balaban J connectivity index is 1.78. The molecule has 0 aliphatic carbocycles. The number of carbonyl (C=O) groups excluding carboxylic acids is 1. The van der Waals surface area contributed by atoms with Crippen LogP contribution in [0.5, 0.6) is 5.75 Å². The standard InChI is InChI=1S/C15H21NO3/c1-12-5-7-13(8-6-12)19-11-10-16-9-3-4-14(16)15(17)18-2/h5-8,14H,3-4,9-11H2,1-2H3. The molecule has 0 N–H and O–H groups in total. The molecule has 1 aromatic rings. The van der Waals surface area contributed by atoms with Crippen LogP contribution in [0, 0.1) is 6.92 Å². The number of likely N-dealkylation sites (tertiary alicyclic amines) is 1. The maximum atomic E-state index is 11.6. The molecule has 1 aliphatic rings. The fourth-order valence-electron chi connectivity index (χ4n) is 2.41. The van der Waals surface area contributed by atoms with Crippen LogP contribution in [0.1, 0.15) is 18.4 Å². The van der Waals surface area contributed by atoms with E-state index in [2.05, 4.69) is 11.8 Å². The predicted molar refractivity (Wildman–Crippen MR) is 73.3 cm³/mol. The predicted octanol–water partition coefficient (Wildman–Crippen LogP) is 2.01. The molecule has 4 heteroatoms. The van der Waals surface area contributed by atoms with Gasteiger partial charge in [0.2, 0.25) is 0 Å². The van der Waals surface area contributed by atoms with Crippen molar-refractivity contribution >= 4 is 5.97 Å². The third-order valence-corrected chi connectivity index (χ3v) is 3.51. The molecule has 1 aliphatic heterocycles. The number of esters is 1. The molecule has 0 amide bonds. The maximum Gasteiger partial charge on any atom is 0.323 e. The van der Waals surface area contributed by atoms with Crippen LogP contribution in [0.25, 0.3) is 0 Å². The molecule has 1 atom stereocenters. The van der Waals surface area contributed by atoms with Crippen molar-refractivity contribution in [3.8, 4) is 5.75 Å². The molecule has 0 bridgehead atoms. The van der Waals surface area contributed by atoms with Crippen LogP contribution >= 0.6 is 0 Å². The van der Waals surface area contributed by atoms with E-state index in [1.165, 1.54) is 12.7 Å². The van der Waals surface area contributed by atoms with E-state index in [4.69, 9.17) is 9.47 Å². The SMILES string of the molecule is COC(=O)C1CCCN1CCOc1ccc(C)cc1. The van der Waals surface area contributed by atoms with Crippen LogP contribution in [0.15, 0.2) is 24.3 Å². The first-order valence-electron chi connectivity index (χ1n) is 6.72. The molecule has 1 fully saturated rings. The van der Waals surface area contributed by atoms with Crippen molar-refractivity contribution in [2.45, 2.75) is 25.8 Å². The normalized spacial score (nSPS) is 19.4. The number of hydrogen-bond acceptors (Lipinski definition) is 4. The number of nitrogens with zero attached hydrogens (tertiary/aromatic N) is 1. The Bertz CT molecular complexity index is 416. The zero-order valence-electron chi connectivity index (χ0n) is 11.6. The quantitative estimate of drug-likeness (QED) is 0.762. The van der Waals surface area contributed by atoms with Gasteiger partial charge in [-0.25, -0.2) is 0 Å². The van der Waals surface area contributed by atoms with Gasteiger partial charge in [-0.3, -0.25) is 9.69 Å². The van der Waals surface area contributed by atoms with Gasteiger partial charge in [-0.05, 0) is 38.4 Å². The lowest BCUT2D eigenvalue weighted by Crippen LogP contribution is -2.39. The molecule has 1 saturated heterocycles. The van der Waals surface area contributed by atoms with Gasteiger partial charge in [-0.15, -0.1) is 0 Å². The summed E-state index contributed by atoms with van der Waals surface area (Å²) in [5.74, 6) is 0.743. The first kappa shape index (κ1) is 13.9. The summed E-state index contributed by atoms with van der Waals surface area (Å²) in [4.78, 5) is 13.7. The van der Waals surface area contributed by atoms with Crippen LogP contribution in [0.2, 0.25) is 0 Å². The van der Waals surface area contributed by atoms with E-state index in [1.807, 2.05) is 24.3 Å². The Kier molecular flexibility index (Phi) is 4.80. The maximum absolute atomic E-state index is 11.6. The molecule has 0 spiro atoms. The van der Waals surface area contributed by atoms with E-state index < -0.39 is 0 Å². The van der Waals surface area contributed by atoms with E-state index in [0.29, 0.717) is 6.61 Å². The number of methoxy groups -OCH3 is 1. The third-order valence-electron chi connectivity index (χ3n) is 3.51. The summed E-state index contributed by atoms with van der Waals surface area (Å²) < 4.78 is 10.5. The number of hydrogen-bond donors (Lipinski definition) is 0. The summed E-state index contributed by atoms with van der Waals surface area (Å²) in [5, 5.41) is 0. The molecule has 1 heterocycles. The topological polar surface area (TPSA) is 38.8 Å². The second-order valence-electron chi connectivity index (χ2n) is 4.88. The summed E-state index contributed by atoms with van der Waals surface area (Å²) >= 11 is 0. The Morgan fingerprint density at radius 1 is 1.37 bits per heavy atom. The summed E-state index contributed by atoms with van der Waals surface area (Å²) in [7, 11) is 1.45. The van der Waals surface area contributed by atoms with Crippen molar-refractivity contribution < 1.29 is 14.3 Å². The Morgan fingerprint density at radius 3 is 2.79 bits per heavy atom. The number of carbonyl (C=O) groups is 1. The van der Waals surface area contributed by atoms with Crippen LogP contribution in [-0.4, -0.2) is 43.7 Å². The lowest BCUT2D eigenvalue weighted by atomic mass is 10.2.